The predicted octanol–water partition coefficient (Wildman–Crippen LogP) is 4.05. The summed E-state index contributed by atoms with van der Waals surface area (Å²) in [6.07, 6.45) is 2.56. The molecule has 0 saturated heterocycles. The highest BCUT2D eigenvalue weighted by Gasteiger charge is 2.22. The van der Waals surface area contributed by atoms with Crippen LogP contribution in [-0.2, 0) is 0 Å². The third kappa shape index (κ3) is 5.28. The molecule has 3 nitrogen and oxygen atoms in total. The molecule has 1 aliphatic rings. The molecule has 0 amide bonds. The molecule has 0 aromatic heterocycles. The molecular weight excluding hydrogens is 330 g/mol. The molecular formula is C17H26BrNO2. The number of aliphatic hydroxyl groups excluding tert-OH is 1. The third-order valence-electron chi connectivity index (χ3n) is 3.69. The summed E-state index contributed by atoms with van der Waals surface area (Å²) in [5.41, 5.74) is 1.34. The Hall–Kier alpha value is -0.580. The van der Waals surface area contributed by atoms with Gasteiger partial charge in [0.2, 0.25) is 0 Å². The number of hydrogen-bond acceptors (Lipinski definition) is 3. The first-order chi connectivity index (χ1) is 9.85. The summed E-state index contributed by atoms with van der Waals surface area (Å²) >= 11 is 3.49. The van der Waals surface area contributed by atoms with E-state index in [-0.39, 0.29) is 17.6 Å². The van der Waals surface area contributed by atoms with Crippen molar-refractivity contribution in [2.24, 2.45) is 5.41 Å². The minimum atomic E-state index is -0.312. The largest absolute Gasteiger partial charge is 0.493 e. The third-order valence-corrected chi connectivity index (χ3v) is 4.19. The Bertz CT molecular complexity index is 470. The van der Waals surface area contributed by atoms with Crippen molar-refractivity contribution in [3.63, 3.8) is 0 Å². The van der Waals surface area contributed by atoms with Crippen molar-refractivity contribution in [2.75, 3.05) is 13.2 Å². The maximum absolute atomic E-state index is 10.2. The zero-order valence-corrected chi connectivity index (χ0v) is 14.7. The van der Waals surface area contributed by atoms with E-state index in [2.05, 4.69) is 48.1 Å². The fourth-order valence-corrected chi connectivity index (χ4v) is 3.16. The van der Waals surface area contributed by atoms with Gasteiger partial charge >= 0.3 is 0 Å². The van der Waals surface area contributed by atoms with E-state index in [1.54, 1.807) is 0 Å². The van der Waals surface area contributed by atoms with E-state index in [1.807, 2.05) is 12.1 Å². The molecule has 0 radical (unpaired) electrons. The van der Waals surface area contributed by atoms with Gasteiger partial charge in [0.05, 0.1) is 12.7 Å². The number of benzene rings is 1. The molecule has 118 valence electrons. The summed E-state index contributed by atoms with van der Waals surface area (Å²) in [6, 6.07) is 6.44. The van der Waals surface area contributed by atoms with E-state index in [0.29, 0.717) is 6.54 Å². The number of nitrogens with one attached hydrogen (secondary N) is 1. The minimum Gasteiger partial charge on any atom is -0.493 e. The van der Waals surface area contributed by atoms with Gasteiger partial charge in [-0.15, -0.1) is 0 Å². The highest BCUT2D eigenvalue weighted by Crippen LogP contribution is 2.33. The Labute approximate surface area is 136 Å². The maximum Gasteiger partial charge on any atom is 0.125 e. The summed E-state index contributed by atoms with van der Waals surface area (Å²) in [4.78, 5) is 0. The van der Waals surface area contributed by atoms with Crippen LogP contribution in [-0.4, -0.2) is 24.4 Å². The van der Waals surface area contributed by atoms with Crippen molar-refractivity contribution in [1.29, 1.82) is 0 Å². The van der Waals surface area contributed by atoms with E-state index in [9.17, 15) is 5.11 Å². The van der Waals surface area contributed by atoms with Crippen molar-refractivity contribution in [1.82, 2.24) is 5.32 Å². The van der Waals surface area contributed by atoms with Gasteiger partial charge in [0.1, 0.15) is 5.75 Å². The van der Waals surface area contributed by atoms with E-state index in [1.165, 1.54) is 5.56 Å². The Morgan fingerprint density at radius 1 is 1.43 bits per heavy atom. The van der Waals surface area contributed by atoms with Gasteiger partial charge in [-0.25, -0.2) is 0 Å². The van der Waals surface area contributed by atoms with E-state index in [4.69, 9.17) is 4.74 Å². The van der Waals surface area contributed by atoms with Crippen LogP contribution < -0.4 is 10.1 Å². The number of hydrogen-bond donors (Lipinski definition) is 2. The monoisotopic (exact) mass is 355 g/mol. The smallest absolute Gasteiger partial charge is 0.125 e. The normalized spacial score (nSPS) is 20.3. The molecule has 2 rings (SSSR count). The van der Waals surface area contributed by atoms with Crippen LogP contribution in [0.3, 0.4) is 0 Å². The van der Waals surface area contributed by atoms with E-state index in [0.717, 1.165) is 36.1 Å². The van der Waals surface area contributed by atoms with Crippen molar-refractivity contribution < 1.29 is 9.84 Å². The average molecular weight is 356 g/mol. The number of rotatable bonds is 4. The first-order valence-corrected chi connectivity index (χ1v) is 8.48. The van der Waals surface area contributed by atoms with Gasteiger partial charge in [-0.3, -0.25) is 0 Å². The lowest BCUT2D eigenvalue weighted by atomic mass is 9.89. The number of ether oxygens (including phenoxy) is 1. The Kier molecular flexibility index (Phi) is 5.69. The fourth-order valence-electron chi connectivity index (χ4n) is 2.82. The Morgan fingerprint density at radius 3 is 2.90 bits per heavy atom. The van der Waals surface area contributed by atoms with Gasteiger partial charge in [0.25, 0.3) is 0 Å². The van der Waals surface area contributed by atoms with Crippen LogP contribution in [0.15, 0.2) is 22.7 Å². The second-order valence-electron chi connectivity index (χ2n) is 7.05. The molecule has 1 aliphatic heterocycles. The molecule has 2 atom stereocenters. The fraction of sp³-hybridized carbons (Fsp3) is 0.647. The van der Waals surface area contributed by atoms with Gasteiger partial charge < -0.3 is 15.2 Å². The number of aliphatic hydroxyl groups is 1. The molecule has 21 heavy (non-hydrogen) atoms. The van der Waals surface area contributed by atoms with Crippen LogP contribution in [0.25, 0.3) is 0 Å². The molecule has 1 aromatic carbocycles. The minimum absolute atomic E-state index is 0.149. The Balaban J connectivity index is 2.00. The second-order valence-corrected chi connectivity index (χ2v) is 7.97. The highest BCUT2D eigenvalue weighted by atomic mass is 79.9. The van der Waals surface area contributed by atoms with Crippen LogP contribution in [0.1, 0.15) is 51.6 Å². The van der Waals surface area contributed by atoms with Crippen LogP contribution in [0.5, 0.6) is 5.75 Å². The SMILES string of the molecule is CC(C)(C)CC(O)CNC1CCCOc2cc(Br)ccc21. The molecule has 2 unspecified atom stereocenters. The lowest BCUT2D eigenvalue weighted by Gasteiger charge is -2.25. The van der Waals surface area contributed by atoms with Gasteiger partial charge in [0, 0.05) is 22.6 Å². The van der Waals surface area contributed by atoms with Crippen molar-refractivity contribution in [3.8, 4) is 5.75 Å². The van der Waals surface area contributed by atoms with Crippen molar-refractivity contribution in [3.05, 3.63) is 28.2 Å². The van der Waals surface area contributed by atoms with Gasteiger partial charge in [-0.2, -0.15) is 0 Å². The standard InChI is InChI=1S/C17H26BrNO2/c1-17(2,3)10-13(20)11-19-15-5-4-8-21-16-9-12(18)6-7-14(15)16/h6-7,9,13,15,19-20H,4-5,8,10-11H2,1-3H3. The molecule has 1 heterocycles. The van der Waals surface area contributed by atoms with Crippen molar-refractivity contribution in [2.45, 2.75) is 52.2 Å². The molecule has 0 saturated carbocycles. The zero-order valence-electron chi connectivity index (χ0n) is 13.2. The van der Waals surface area contributed by atoms with E-state index < -0.39 is 0 Å². The molecule has 0 spiro atoms. The quantitative estimate of drug-likeness (QED) is 0.855. The summed E-state index contributed by atoms with van der Waals surface area (Å²) < 4.78 is 6.85. The first-order valence-electron chi connectivity index (χ1n) is 7.69. The van der Waals surface area contributed by atoms with Gasteiger partial charge in [-0.1, -0.05) is 42.8 Å². The topological polar surface area (TPSA) is 41.5 Å². The molecule has 1 aromatic rings. The highest BCUT2D eigenvalue weighted by molar-refractivity contribution is 9.10. The summed E-state index contributed by atoms with van der Waals surface area (Å²) in [6.45, 7) is 7.84. The zero-order chi connectivity index (χ0) is 15.5. The maximum atomic E-state index is 10.2. The lowest BCUT2D eigenvalue weighted by Crippen LogP contribution is -2.32. The lowest BCUT2D eigenvalue weighted by molar-refractivity contribution is 0.116. The van der Waals surface area contributed by atoms with E-state index >= 15 is 0 Å². The number of fused-ring (bicyclic) bond motifs is 1. The molecule has 2 N–H and O–H groups in total. The van der Waals surface area contributed by atoms with Gasteiger partial charge in [-0.05, 0) is 36.8 Å². The van der Waals surface area contributed by atoms with Gasteiger partial charge in [0.15, 0.2) is 0 Å². The van der Waals surface area contributed by atoms with Crippen molar-refractivity contribution >= 4 is 15.9 Å². The molecule has 0 fully saturated rings. The number of halogens is 1. The Morgan fingerprint density at radius 2 is 2.19 bits per heavy atom. The summed E-state index contributed by atoms with van der Waals surface area (Å²) in [5, 5.41) is 13.7. The first kappa shape index (κ1) is 16.8. The average Bonchev–Trinajstić information content (AvgIpc) is 2.56. The van der Waals surface area contributed by atoms with Crippen LogP contribution in [0, 0.1) is 5.41 Å². The summed E-state index contributed by atoms with van der Waals surface area (Å²) in [7, 11) is 0. The second kappa shape index (κ2) is 7.12. The molecule has 0 bridgehead atoms. The molecule has 0 aliphatic carbocycles. The van der Waals surface area contributed by atoms with Crippen LogP contribution in [0.2, 0.25) is 0 Å². The molecule has 4 heteroatoms. The summed E-state index contributed by atoms with van der Waals surface area (Å²) in [5.74, 6) is 0.949. The predicted molar refractivity (Wildman–Crippen MR) is 89.7 cm³/mol. The van der Waals surface area contributed by atoms with Crippen LogP contribution in [0.4, 0.5) is 0 Å². The van der Waals surface area contributed by atoms with Crippen LogP contribution >= 0.6 is 15.9 Å².